The molecule has 0 bridgehead atoms. The molecular weight excluding hydrogens is 404 g/mol. The maximum atomic E-state index is 12.6. The normalized spacial score (nSPS) is 11.5. The molecule has 0 aromatic heterocycles. The highest BCUT2D eigenvalue weighted by Gasteiger charge is 2.19. The first-order valence-electron chi connectivity index (χ1n) is 9.52. The van der Waals surface area contributed by atoms with E-state index >= 15 is 0 Å². The number of ether oxygens (including phenoxy) is 2. The van der Waals surface area contributed by atoms with Gasteiger partial charge < -0.3 is 25.4 Å². The molecule has 1 atom stereocenters. The number of halogens is 1. The second-order valence-electron chi connectivity index (χ2n) is 7.02. The largest absolute Gasteiger partial charge is 0.494 e. The van der Waals surface area contributed by atoms with Gasteiger partial charge in [0.2, 0.25) is 0 Å². The van der Waals surface area contributed by atoms with Crippen LogP contribution in [-0.4, -0.2) is 51.0 Å². The van der Waals surface area contributed by atoms with Crippen molar-refractivity contribution < 1.29 is 14.3 Å². The third-order valence-electron chi connectivity index (χ3n) is 4.41. The molecule has 2 aromatic carbocycles. The first kappa shape index (κ1) is 25.4. The first-order chi connectivity index (χ1) is 13.9. The van der Waals surface area contributed by atoms with Crippen molar-refractivity contribution in [3.05, 3.63) is 65.2 Å². The van der Waals surface area contributed by atoms with E-state index in [2.05, 4.69) is 10.2 Å². The van der Waals surface area contributed by atoms with Crippen LogP contribution >= 0.6 is 12.4 Å². The summed E-state index contributed by atoms with van der Waals surface area (Å²) in [5.74, 6) is 0.571. The van der Waals surface area contributed by atoms with Crippen LogP contribution in [0.4, 0.5) is 0 Å². The van der Waals surface area contributed by atoms with E-state index in [9.17, 15) is 4.79 Å². The minimum absolute atomic E-state index is 0. The smallest absolute Gasteiger partial charge is 0.254 e. The van der Waals surface area contributed by atoms with E-state index in [1.165, 1.54) is 7.11 Å². The van der Waals surface area contributed by atoms with E-state index in [1.807, 2.05) is 50.5 Å². The number of amides is 1. The molecule has 0 radical (unpaired) electrons. The van der Waals surface area contributed by atoms with Crippen LogP contribution in [0.15, 0.2) is 48.5 Å². The molecule has 4 N–H and O–H groups in total. The summed E-state index contributed by atoms with van der Waals surface area (Å²) < 4.78 is 11.1. The molecule has 1 amide bonds. The third-order valence-corrected chi connectivity index (χ3v) is 4.41. The summed E-state index contributed by atoms with van der Waals surface area (Å²) in [5.41, 5.74) is 7.78. The summed E-state index contributed by atoms with van der Waals surface area (Å²) in [6.45, 7) is 1.99. The minimum Gasteiger partial charge on any atom is -0.494 e. The Morgan fingerprint density at radius 1 is 1.13 bits per heavy atom. The quantitative estimate of drug-likeness (QED) is 0.287. The number of rotatable bonds is 11. The molecule has 0 aliphatic heterocycles. The Labute approximate surface area is 184 Å². The van der Waals surface area contributed by atoms with Crippen molar-refractivity contribution in [2.75, 3.05) is 34.4 Å². The Morgan fingerprint density at radius 3 is 2.30 bits per heavy atom. The molecule has 7 nitrogen and oxygen atoms in total. The average molecular weight is 435 g/mol. The van der Waals surface area contributed by atoms with Gasteiger partial charge in [0.15, 0.2) is 6.10 Å². The van der Waals surface area contributed by atoms with Crippen molar-refractivity contribution in [2.24, 2.45) is 5.73 Å². The SMILES string of the molecule is COC(C(=O)NCc1ccc(C(=N)N)cc1)c1ccc(OCCCN(C)C)cc1.Cl. The highest BCUT2D eigenvalue weighted by Crippen LogP contribution is 2.21. The predicted molar refractivity (Wildman–Crippen MR) is 121 cm³/mol. The molecule has 0 spiro atoms. The van der Waals surface area contributed by atoms with Crippen molar-refractivity contribution in [3.63, 3.8) is 0 Å². The highest BCUT2D eigenvalue weighted by molar-refractivity contribution is 5.94. The number of methoxy groups -OCH3 is 1. The van der Waals surface area contributed by atoms with Crippen LogP contribution in [0, 0.1) is 5.41 Å². The van der Waals surface area contributed by atoms with Crippen LogP contribution in [0.2, 0.25) is 0 Å². The third kappa shape index (κ3) is 8.02. The molecular formula is C22H31ClN4O3. The van der Waals surface area contributed by atoms with Gasteiger partial charge in [0.25, 0.3) is 5.91 Å². The van der Waals surface area contributed by atoms with Gasteiger partial charge in [-0.15, -0.1) is 12.4 Å². The van der Waals surface area contributed by atoms with Crippen molar-refractivity contribution in [1.29, 1.82) is 5.41 Å². The molecule has 164 valence electrons. The minimum atomic E-state index is -0.700. The van der Waals surface area contributed by atoms with E-state index in [0.717, 1.165) is 29.8 Å². The molecule has 30 heavy (non-hydrogen) atoms. The molecule has 0 aliphatic rings. The number of hydrogen-bond donors (Lipinski definition) is 3. The number of carbonyl (C=O) groups is 1. The Balaban J connectivity index is 0.00000450. The van der Waals surface area contributed by atoms with Crippen LogP contribution < -0.4 is 15.8 Å². The number of nitrogens with one attached hydrogen (secondary N) is 2. The lowest BCUT2D eigenvalue weighted by Gasteiger charge is -2.16. The Kier molecular flexibility index (Phi) is 10.9. The van der Waals surface area contributed by atoms with E-state index in [1.54, 1.807) is 12.1 Å². The van der Waals surface area contributed by atoms with Crippen LogP contribution in [0.25, 0.3) is 0 Å². The second-order valence-corrected chi connectivity index (χ2v) is 7.02. The Morgan fingerprint density at radius 2 is 1.77 bits per heavy atom. The molecule has 1 unspecified atom stereocenters. The maximum absolute atomic E-state index is 12.6. The van der Waals surface area contributed by atoms with Crippen molar-refractivity contribution >= 4 is 24.1 Å². The van der Waals surface area contributed by atoms with Crippen LogP contribution in [-0.2, 0) is 16.1 Å². The fourth-order valence-corrected chi connectivity index (χ4v) is 2.79. The summed E-state index contributed by atoms with van der Waals surface area (Å²) in [4.78, 5) is 14.7. The lowest BCUT2D eigenvalue weighted by molar-refractivity contribution is -0.131. The summed E-state index contributed by atoms with van der Waals surface area (Å²) in [6.07, 6.45) is 0.250. The van der Waals surface area contributed by atoms with Gasteiger partial charge in [0.05, 0.1) is 6.61 Å². The van der Waals surface area contributed by atoms with Crippen LogP contribution in [0.3, 0.4) is 0 Å². The van der Waals surface area contributed by atoms with E-state index in [0.29, 0.717) is 18.7 Å². The lowest BCUT2D eigenvalue weighted by atomic mass is 10.1. The number of benzene rings is 2. The summed E-state index contributed by atoms with van der Waals surface area (Å²) in [7, 11) is 5.58. The zero-order valence-electron chi connectivity index (χ0n) is 17.7. The molecule has 0 saturated heterocycles. The van der Waals surface area contributed by atoms with Crippen LogP contribution in [0.5, 0.6) is 5.75 Å². The topological polar surface area (TPSA) is 101 Å². The van der Waals surface area contributed by atoms with Crippen molar-refractivity contribution in [1.82, 2.24) is 10.2 Å². The molecule has 0 heterocycles. The van der Waals surface area contributed by atoms with Gasteiger partial charge in [-0.1, -0.05) is 36.4 Å². The Hall–Kier alpha value is -2.61. The zero-order valence-corrected chi connectivity index (χ0v) is 18.5. The maximum Gasteiger partial charge on any atom is 0.254 e. The fourth-order valence-electron chi connectivity index (χ4n) is 2.79. The van der Waals surface area contributed by atoms with E-state index in [-0.39, 0.29) is 24.1 Å². The van der Waals surface area contributed by atoms with Crippen molar-refractivity contribution in [2.45, 2.75) is 19.1 Å². The van der Waals surface area contributed by atoms with Gasteiger partial charge >= 0.3 is 0 Å². The number of hydrogen-bond acceptors (Lipinski definition) is 5. The van der Waals surface area contributed by atoms with E-state index < -0.39 is 6.10 Å². The fraction of sp³-hybridized carbons (Fsp3) is 0.364. The molecule has 2 aromatic rings. The second kappa shape index (κ2) is 12.8. The molecule has 2 rings (SSSR count). The monoisotopic (exact) mass is 434 g/mol. The number of carbonyl (C=O) groups excluding carboxylic acids is 1. The molecule has 0 aliphatic carbocycles. The Bertz CT molecular complexity index is 795. The molecule has 8 heteroatoms. The predicted octanol–water partition coefficient (Wildman–Crippen LogP) is 2.73. The van der Waals surface area contributed by atoms with Crippen LogP contribution in [0.1, 0.15) is 29.2 Å². The molecule has 0 fully saturated rings. The average Bonchev–Trinajstić information content (AvgIpc) is 2.71. The summed E-state index contributed by atoms with van der Waals surface area (Å²) in [6, 6.07) is 14.6. The van der Waals surface area contributed by atoms with Gasteiger partial charge in [-0.25, -0.2) is 0 Å². The summed E-state index contributed by atoms with van der Waals surface area (Å²) >= 11 is 0. The number of amidine groups is 1. The molecule has 0 saturated carbocycles. The highest BCUT2D eigenvalue weighted by atomic mass is 35.5. The van der Waals surface area contributed by atoms with Gasteiger partial charge in [-0.05, 0) is 43.8 Å². The first-order valence-corrected chi connectivity index (χ1v) is 9.52. The van der Waals surface area contributed by atoms with Crippen molar-refractivity contribution in [3.8, 4) is 5.75 Å². The number of nitrogen functional groups attached to an aromatic ring is 1. The van der Waals surface area contributed by atoms with Gasteiger partial charge in [-0.3, -0.25) is 10.2 Å². The number of nitrogens with zero attached hydrogens (tertiary/aromatic N) is 1. The zero-order chi connectivity index (χ0) is 21.2. The number of nitrogens with two attached hydrogens (primary N) is 1. The lowest BCUT2D eigenvalue weighted by Crippen LogP contribution is -2.30. The van der Waals surface area contributed by atoms with E-state index in [4.69, 9.17) is 20.6 Å². The van der Waals surface area contributed by atoms with Gasteiger partial charge in [0.1, 0.15) is 11.6 Å². The van der Waals surface area contributed by atoms with Gasteiger partial charge in [0, 0.05) is 25.8 Å². The standard InChI is InChI=1S/C22H30N4O3.ClH/c1-26(2)13-4-14-29-19-11-9-17(10-12-19)20(28-3)22(27)25-15-16-5-7-18(8-6-16)21(23)24;/h5-12,20H,4,13-15H2,1-3H3,(H3,23,24)(H,25,27);1H. The van der Waals surface area contributed by atoms with Gasteiger partial charge in [-0.2, -0.15) is 0 Å². The summed E-state index contributed by atoms with van der Waals surface area (Å²) in [5, 5.41) is 10.3.